The molecular weight excluding hydrogens is 248 g/mol. The van der Waals surface area contributed by atoms with Crippen LogP contribution in [-0.4, -0.2) is 38.6 Å². The van der Waals surface area contributed by atoms with Crippen molar-refractivity contribution in [2.24, 2.45) is 0 Å². The summed E-state index contributed by atoms with van der Waals surface area (Å²) in [5.74, 6) is 0.142. The SMILES string of the molecule is CCNCCS(=O)(=O)N(C)Cc1ccc(C)cc1. The normalized spacial score (nSPS) is 12.0. The molecule has 0 radical (unpaired) electrons. The van der Waals surface area contributed by atoms with Crippen LogP contribution in [0.25, 0.3) is 0 Å². The average Bonchev–Trinajstić information content (AvgIpc) is 2.32. The Balaban J connectivity index is 2.58. The van der Waals surface area contributed by atoms with Gasteiger partial charge in [0, 0.05) is 20.1 Å². The van der Waals surface area contributed by atoms with E-state index in [9.17, 15) is 8.42 Å². The minimum Gasteiger partial charge on any atom is -0.316 e. The summed E-state index contributed by atoms with van der Waals surface area (Å²) in [6.07, 6.45) is 0. The molecule has 0 unspecified atom stereocenters. The zero-order valence-electron chi connectivity index (χ0n) is 11.3. The standard InChI is InChI=1S/C13H22N2O2S/c1-4-14-9-10-18(16,17)15(3)11-13-7-5-12(2)6-8-13/h5-8,14H,4,9-11H2,1-3H3. The highest BCUT2D eigenvalue weighted by Gasteiger charge is 2.17. The van der Waals surface area contributed by atoms with Crippen molar-refractivity contribution in [3.05, 3.63) is 35.4 Å². The summed E-state index contributed by atoms with van der Waals surface area (Å²) in [5, 5.41) is 3.02. The molecule has 0 heterocycles. The van der Waals surface area contributed by atoms with Crippen LogP contribution >= 0.6 is 0 Å². The Bertz CT molecular complexity index is 454. The lowest BCUT2D eigenvalue weighted by atomic mass is 10.1. The first kappa shape index (κ1) is 15.1. The van der Waals surface area contributed by atoms with Crippen molar-refractivity contribution in [2.75, 3.05) is 25.9 Å². The van der Waals surface area contributed by atoms with Crippen molar-refractivity contribution in [1.82, 2.24) is 9.62 Å². The van der Waals surface area contributed by atoms with Crippen molar-refractivity contribution in [1.29, 1.82) is 0 Å². The number of hydrogen-bond acceptors (Lipinski definition) is 3. The number of sulfonamides is 1. The monoisotopic (exact) mass is 270 g/mol. The number of nitrogens with one attached hydrogen (secondary N) is 1. The van der Waals surface area contributed by atoms with Crippen LogP contribution in [0, 0.1) is 6.92 Å². The van der Waals surface area contributed by atoms with Gasteiger partial charge in [-0.25, -0.2) is 12.7 Å². The largest absolute Gasteiger partial charge is 0.316 e. The molecule has 0 amide bonds. The number of rotatable bonds is 7. The Morgan fingerprint density at radius 2 is 1.83 bits per heavy atom. The first-order chi connectivity index (χ1) is 8.45. The molecule has 0 bridgehead atoms. The summed E-state index contributed by atoms with van der Waals surface area (Å²) in [5.41, 5.74) is 2.19. The second kappa shape index (κ2) is 6.87. The van der Waals surface area contributed by atoms with Crippen LogP contribution in [0.2, 0.25) is 0 Å². The van der Waals surface area contributed by atoms with Crippen LogP contribution in [0.4, 0.5) is 0 Å². The molecule has 1 N–H and O–H groups in total. The Labute approximate surface area is 110 Å². The molecule has 102 valence electrons. The molecule has 1 aromatic rings. The maximum absolute atomic E-state index is 12.0. The van der Waals surface area contributed by atoms with Crippen molar-refractivity contribution in [2.45, 2.75) is 20.4 Å². The van der Waals surface area contributed by atoms with Crippen molar-refractivity contribution >= 4 is 10.0 Å². The van der Waals surface area contributed by atoms with Gasteiger partial charge in [-0.05, 0) is 19.0 Å². The molecule has 0 aliphatic rings. The van der Waals surface area contributed by atoms with Crippen LogP contribution in [0.3, 0.4) is 0 Å². The summed E-state index contributed by atoms with van der Waals surface area (Å²) in [6.45, 7) is 5.69. The Hall–Kier alpha value is -0.910. The molecule has 0 atom stereocenters. The second-order valence-electron chi connectivity index (χ2n) is 4.41. The summed E-state index contributed by atoms with van der Waals surface area (Å²) in [4.78, 5) is 0. The van der Waals surface area contributed by atoms with E-state index in [1.54, 1.807) is 7.05 Å². The topological polar surface area (TPSA) is 49.4 Å². The second-order valence-corrected chi connectivity index (χ2v) is 6.61. The zero-order valence-corrected chi connectivity index (χ0v) is 12.1. The number of nitrogens with zero attached hydrogens (tertiary/aromatic N) is 1. The van der Waals surface area contributed by atoms with Gasteiger partial charge >= 0.3 is 0 Å². The Morgan fingerprint density at radius 3 is 2.39 bits per heavy atom. The van der Waals surface area contributed by atoms with E-state index in [-0.39, 0.29) is 5.75 Å². The first-order valence-corrected chi connectivity index (χ1v) is 7.77. The van der Waals surface area contributed by atoms with Crippen LogP contribution in [-0.2, 0) is 16.6 Å². The van der Waals surface area contributed by atoms with E-state index in [1.807, 2.05) is 38.1 Å². The summed E-state index contributed by atoms with van der Waals surface area (Å²) in [6, 6.07) is 7.92. The number of hydrogen-bond donors (Lipinski definition) is 1. The van der Waals surface area contributed by atoms with Crippen LogP contribution in [0.15, 0.2) is 24.3 Å². The number of aryl methyl sites for hydroxylation is 1. The quantitative estimate of drug-likeness (QED) is 0.761. The third-order valence-electron chi connectivity index (χ3n) is 2.79. The minimum absolute atomic E-state index is 0.142. The van der Waals surface area contributed by atoms with E-state index in [0.717, 1.165) is 12.1 Å². The molecule has 1 rings (SSSR count). The van der Waals surface area contributed by atoms with Gasteiger partial charge in [-0.15, -0.1) is 0 Å². The maximum atomic E-state index is 12.0. The third-order valence-corrected chi connectivity index (χ3v) is 4.59. The molecule has 0 saturated heterocycles. The fraction of sp³-hybridized carbons (Fsp3) is 0.538. The van der Waals surface area contributed by atoms with Crippen LogP contribution in [0.5, 0.6) is 0 Å². The molecule has 4 nitrogen and oxygen atoms in total. The van der Waals surface area contributed by atoms with Crippen LogP contribution in [0.1, 0.15) is 18.1 Å². The van der Waals surface area contributed by atoms with Gasteiger partial charge in [-0.3, -0.25) is 0 Å². The summed E-state index contributed by atoms with van der Waals surface area (Å²) in [7, 11) is -1.54. The highest BCUT2D eigenvalue weighted by Crippen LogP contribution is 2.08. The van der Waals surface area contributed by atoms with Gasteiger partial charge in [-0.2, -0.15) is 0 Å². The highest BCUT2D eigenvalue weighted by molar-refractivity contribution is 7.89. The summed E-state index contributed by atoms with van der Waals surface area (Å²) >= 11 is 0. The molecular formula is C13H22N2O2S. The van der Waals surface area contributed by atoms with Crippen molar-refractivity contribution < 1.29 is 8.42 Å². The fourth-order valence-corrected chi connectivity index (χ4v) is 2.64. The molecule has 0 fully saturated rings. The third kappa shape index (κ3) is 4.76. The van der Waals surface area contributed by atoms with Crippen molar-refractivity contribution in [3.8, 4) is 0 Å². The molecule has 18 heavy (non-hydrogen) atoms. The lowest BCUT2D eigenvalue weighted by molar-refractivity contribution is 0.465. The molecule has 0 saturated carbocycles. The Morgan fingerprint density at radius 1 is 1.22 bits per heavy atom. The van der Waals surface area contributed by atoms with Gasteiger partial charge in [0.2, 0.25) is 10.0 Å². The predicted octanol–water partition coefficient (Wildman–Crippen LogP) is 1.37. The Kier molecular flexibility index (Phi) is 5.78. The van der Waals surface area contributed by atoms with Gasteiger partial charge in [0.25, 0.3) is 0 Å². The van der Waals surface area contributed by atoms with Crippen LogP contribution < -0.4 is 5.32 Å². The molecule has 0 spiro atoms. The molecule has 1 aromatic carbocycles. The lowest BCUT2D eigenvalue weighted by Gasteiger charge is -2.17. The summed E-state index contributed by atoms with van der Waals surface area (Å²) < 4.78 is 25.3. The smallest absolute Gasteiger partial charge is 0.215 e. The van der Waals surface area contributed by atoms with Gasteiger partial charge in [0.1, 0.15) is 0 Å². The highest BCUT2D eigenvalue weighted by atomic mass is 32.2. The average molecular weight is 270 g/mol. The van der Waals surface area contributed by atoms with Gasteiger partial charge in [-0.1, -0.05) is 36.8 Å². The van der Waals surface area contributed by atoms with E-state index in [1.165, 1.54) is 9.87 Å². The first-order valence-electron chi connectivity index (χ1n) is 6.16. The van der Waals surface area contributed by atoms with E-state index in [2.05, 4.69) is 5.32 Å². The van der Waals surface area contributed by atoms with E-state index in [4.69, 9.17) is 0 Å². The van der Waals surface area contributed by atoms with E-state index >= 15 is 0 Å². The molecule has 0 aliphatic carbocycles. The predicted molar refractivity (Wildman–Crippen MR) is 75.0 cm³/mol. The molecule has 0 aromatic heterocycles. The molecule has 5 heteroatoms. The zero-order chi connectivity index (χ0) is 13.6. The minimum atomic E-state index is -3.17. The van der Waals surface area contributed by atoms with Gasteiger partial charge in [0.15, 0.2) is 0 Å². The van der Waals surface area contributed by atoms with Gasteiger partial charge in [0.05, 0.1) is 5.75 Å². The lowest BCUT2D eigenvalue weighted by Crippen LogP contribution is -2.33. The maximum Gasteiger partial charge on any atom is 0.215 e. The van der Waals surface area contributed by atoms with Gasteiger partial charge < -0.3 is 5.32 Å². The van der Waals surface area contributed by atoms with E-state index < -0.39 is 10.0 Å². The fourth-order valence-electron chi connectivity index (χ4n) is 1.58. The number of benzene rings is 1. The van der Waals surface area contributed by atoms with Crippen molar-refractivity contribution in [3.63, 3.8) is 0 Å². The van der Waals surface area contributed by atoms with E-state index in [0.29, 0.717) is 13.1 Å². The molecule has 0 aliphatic heterocycles.